The van der Waals surface area contributed by atoms with E-state index in [0.717, 1.165) is 0 Å². The quantitative estimate of drug-likeness (QED) is 0.668. The van der Waals surface area contributed by atoms with Gasteiger partial charge in [-0.3, -0.25) is 19.9 Å². The van der Waals surface area contributed by atoms with E-state index >= 15 is 0 Å². The van der Waals surface area contributed by atoms with Crippen molar-refractivity contribution < 1.29 is 9.72 Å². The van der Waals surface area contributed by atoms with Crippen molar-refractivity contribution in [3.63, 3.8) is 0 Å². The van der Waals surface area contributed by atoms with Crippen molar-refractivity contribution in [2.24, 2.45) is 0 Å². The van der Waals surface area contributed by atoms with Crippen molar-refractivity contribution in [1.82, 2.24) is 10.3 Å². The molecule has 0 bridgehead atoms. The van der Waals surface area contributed by atoms with Gasteiger partial charge in [0.1, 0.15) is 0 Å². The average molecular weight is 302 g/mol. The molecule has 0 aliphatic rings. The Kier molecular flexibility index (Phi) is 4.25. The van der Waals surface area contributed by atoms with E-state index in [0.29, 0.717) is 16.5 Å². The van der Waals surface area contributed by atoms with E-state index in [1.54, 1.807) is 18.3 Å². The van der Waals surface area contributed by atoms with Gasteiger partial charge in [-0.15, -0.1) is 0 Å². The highest BCUT2D eigenvalue weighted by atomic mass is 16.6. The van der Waals surface area contributed by atoms with Crippen molar-refractivity contribution >= 4 is 28.1 Å². The van der Waals surface area contributed by atoms with Gasteiger partial charge in [-0.25, -0.2) is 0 Å². The number of fused-ring (bicyclic) bond motifs is 1. The monoisotopic (exact) mass is 302 g/mol. The molecule has 7 nitrogen and oxygen atoms in total. The van der Waals surface area contributed by atoms with Gasteiger partial charge in [0.2, 0.25) is 5.91 Å². The fraction of sp³-hybridized carbons (Fsp3) is 0.333. The first-order chi connectivity index (χ1) is 10.3. The fourth-order valence-corrected chi connectivity index (χ4v) is 2.13. The number of benzene rings is 1. The molecule has 2 N–H and O–H groups in total. The second-order valence-corrected chi connectivity index (χ2v) is 5.96. The number of pyridine rings is 1. The number of nitro groups is 1. The lowest BCUT2D eigenvalue weighted by Crippen LogP contribution is -2.43. The molecule has 116 valence electrons. The average Bonchev–Trinajstić information content (AvgIpc) is 2.42. The maximum absolute atomic E-state index is 11.8. The van der Waals surface area contributed by atoms with Gasteiger partial charge in [0, 0.05) is 35.1 Å². The number of nitrogens with one attached hydrogen (secondary N) is 2. The molecule has 22 heavy (non-hydrogen) atoms. The molecule has 0 saturated carbocycles. The zero-order valence-electron chi connectivity index (χ0n) is 12.7. The third-order valence-corrected chi connectivity index (χ3v) is 2.95. The normalized spacial score (nSPS) is 11.2. The van der Waals surface area contributed by atoms with Gasteiger partial charge in [0.15, 0.2) is 0 Å². The summed E-state index contributed by atoms with van der Waals surface area (Å²) in [5, 5.41) is 18.0. The van der Waals surface area contributed by atoms with Crippen LogP contribution in [0.25, 0.3) is 10.8 Å². The van der Waals surface area contributed by atoms with Gasteiger partial charge in [-0.1, -0.05) is 0 Å². The maximum Gasteiger partial charge on any atom is 0.278 e. The highest BCUT2D eigenvalue weighted by Gasteiger charge is 2.16. The van der Waals surface area contributed by atoms with Crippen LogP contribution in [0.3, 0.4) is 0 Å². The Balaban J connectivity index is 2.24. The molecule has 0 fully saturated rings. The lowest BCUT2D eigenvalue weighted by Gasteiger charge is -2.21. The first kappa shape index (κ1) is 15.7. The predicted molar refractivity (Wildman–Crippen MR) is 84.8 cm³/mol. The Labute approximate surface area is 127 Å². The van der Waals surface area contributed by atoms with Crippen LogP contribution in [-0.4, -0.2) is 27.9 Å². The Bertz CT molecular complexity index is 722. The summed E-state index contributed by atoms with van der Waals surface area (Å²) >= 11 is 0. The first-order valence-electron chi connectivity index (χ1n) is 6.84. The maximum atomic E-state index is 11.8. The van der Waals surface area contributed by atoms with Gasteiger partial charge >= 0.3 is 0 Å². The van der Waals surface area contributed by atoms with Gasteiger partial charge in [0.25, 0.3) is 5.69 Å². The molecule has 1 aromatic carbocycles. The lowest BCUT2D eigenvalue weighted by molar-refractivity contribution is -0.383. The number of hydrogen-bond donors (Lipinski definition) is 2. The highest BCUT2D eigenvalue weighted by Crippen LogP contribution is 2.30. The van der Waals surface area contributed by atoms with E-state index in [-0.39, 0.29) is 23.7 Å². The van der Waals surface area contributed by atoms with Crippen molar-refractivity contribution in [1.29, 1.82) is 0 Å². The molecule has 1 heterocycles. The minimum absolute atomic E-state index is 0.00667. The molecule has 0 unspecified atom stereocenters. The zero-order chi connectivity index (χ0) is 16.3. The molecule has 1 amide bonds. The molecule has 0 spiro atoms. The van der Waals surface area contributed by atoms with E-state index in [9.17, 15) is 14.9 Å². The molecule has 0 aliphatic heterocycles. The molecule has 0 atom stereocenters. The molecule has 2 aromatic rings. The van der Waals surface area contributed by atoms with Crippen LogP contribution in [0.1, 0.15) is 20.8 Å². The van der Waals surface area contributed by atoms with Gasteiger partial charge in [0.05, 0.1) is 16.9 Å². The van der Waals surface area contributed by atoms with E-state index in [4.69, 9.17) is 0 Å². The van der Waals surface area contributed by atoms with E-state index in [2.05, 4.69) is 15.6 Å². The van der Waals surface area contributed by atoms with Crippen LogP contribution in [-0.2, 0) is 4.79 Å². The summed E-state index contributed by atoms with van der Waals surface area (Å²) < 4.78 is 0. The second-order valence-electron chi connectivity index (χ2n) is 5.96. The summed E-state index contributed by atoms with van der Waals surface area (Å²) in [7, 11) is 0. The van der Waals surface area contributed by atoms with Crippen LogP contribution in [0.2, 0.25) is 0 Å². The number of anilines is 1. The molecule has 0 radical (unpaired) electrons. The zero-order valence-corrected chi connectivity index (χ0v) is 12.7. The number of hydrogen-bond acceptors (Lipinski definition) is 5. The predicted octanol–water partition coefficient (Wildman–Crippen LogP) is 2.47. The van der Waals surface area contributed by atoms with Crippen molar-refractivity contribution in [2.75, 3.05) is 11.9 Å². The Morgan fingerprint density at radius 1 is 1.27 bits per heavy atom. The summed E-state index contributed by atoms with van der Waals surface area (Å²) in [4.78, 5) is 26.4. The van der Waals surface area contributed by atoms with E-state index in [1.807, 2.05) is 20.8 Å². The number of nitro benzene ring substituents is 1. The summed E-state index contributed by atoms with van der Waals surface area (Å²) in [6.45, 7) is 5.79. The van der Waals surface area contributed by atoms with Crippen molar-refractivity contribution in [2.45, 2.75) is 26.3 Å². The number of carbonyl (C=O) groups is 1. The fourth-order valence-electron chi connectivity index (χ4n) is 2.13. The Hall–Kier alpha value is -2.70. The van der Waals surface area contributed by atoms with Crippen molar-refractivity contribution in [3.05, 3.63) is 40.7 Å². The lowest BCUT2D eigenvalue weighted by atomic mass is 10.1. The highest BCUT2D eigenvalue weighted by molar-refractivity contribution is 5.99. The van der Waals surface area contributed by atoms with Crippen LogP contribution in [0.15, 0.2) is 30.6 Å². The number of non-ortho nitro benzene ring substituents is 1. The van der Waals surface area contributed by atoms with Gasteiger partial charge < -0.3 is 10.6 Å². The van der Waals surface area contributed by atoms with Crippen LogP contribution in [0.4, 0.5) is 11.4 Å². The Morgan fingerprint density at radius 2 is 2.00 bits per heavy atom. The van der Waals surface area contributed by atoms with E-state index < -0.39 is 4.92 Å². The minimum Gasteiger partial charge on any atom is -0.376 e. The van der Waals surface area contributed by atoms with E-state index in [1.165, 1.54) is 12.3 Å². The standard InChI is InChI=1S/C15H18N4O3/c1-15(2,3)18-14(20)9-17-12-4-5-13(19(21)22)11-8-16-7-6-10(11)12/h4-8,17H,9H2,1-3H3,(H,18,20). The van der Waals surface area contributed by atoms with Crippen LogP contribution in [0, 0.1) is 10.1 Å². The summed E-state index contributed by atoms with van der Waals surface area (Å²) in [6, 6.07) is 4.70. The molecular weight excluding hydrogens is 284 g/mol. The van der Waals surface area contributed by atoms with Gasteiger partial charge in [-0.2, -0.15) is 0 Å². The smallest absolute Gasteiger partial charge is 0.278 e. The molecule has 0 saturated heterocycles. The SMILES string of the molecule is CC(C)(C)NC(=O)CNc1ccc([N+](=O)[O-])c2cnccc12. The number of carbonyl (C=O) groups excluding carboxylic acids is 1. The number of amides is 1. The third kappa shape index (κ3) is 3.69. The summed E-state index contributed by atoms with van der Waals surface area (Å²) in [5.41, 5.74) is 0.347. The van der Waals surface area contributed by atoms with Crippen LogP contribution in [0.5, 0.6) is 0 Å². The Morgan fingerprint density at radius 3 is 2.64 bits per heavy atom. The molecule has 0 aliphatic carbocycles. The molecule has 1 aromatic heterocycles. The summed E-state index contributed by atoms with van der Waals surface area (Å²) in [6.07, 6.45) is 3.01. The van der Waals surface area contributed by atoms with Crippen molar-refractivity contribution in [3.8, 4) is 0 Å². The van der Waals surface area contributed by atoms with Crippen LogP contribution >= 0.6 is 0 Å². The second kappa shape index (κ2) is 5.97. The topological polar surface area (TPSA) is 97.2 Å². The minimum atomic E-state index is -0.444. The number of nitrogens with zero attached hydrogens (tertiary/aromatic N) is 2. The first-order valence-corrected chi connectivity index (χ1v) is 6.84. The van der Waals surface area contributed by atoms with Gasteiger partial charge in [-0.05, 0) is 32.9 Å². The number of aromatic nitrogens is 1. The summed E-state index contributed by atoms with van der Waals surface area (Å²) in [5.74, 6) is -0.145. The molecular formula is C15H18N4O3. The largest absolute Gasteiger partial charge is 0.376 e. The molecule has 7 heteroatoms. The molecule has 2 rings (SSSR count). The third-order valence-electron chi connectivity index (χ3n) is 2.95. The van der Waals surface area contributed by atoms with Crippen LogP contribution < -0.4 is 10.6 Å². The number of rotatable bonds is 4.